The van der Waals surface area contributed by atoms with Crippen LogP contribution in [-0.4, -0.2) is 0 Å². The molecular formula is C14H18. The van der Waals surface area contributed by atoms with E-state index in [1.165, 1.54) is 5.56 Å². The predicted octanol–water partition coefficient (Wildman–Crippen LogP) is 3.52. The Morgan fingerprint density at radius 1 is 1.00 bits per heavy atom. The second-order valence-electron chi connectivity index (χ2n) is 4.03. The lowest BCUT2D eigenvalue weighted by Crippen LogP contribution is -1.96. The molecule has 0 saturated heterocycles. The number of hydrogen-bond acceptors (Lipinski definition) is 0. The zero-order chi connectivity index (χ0) is 10.4. The van der Waals surface area contributed by atoms with E-state index in [4.69, 9.17) is 0 Å². The molecule has 1 aromatic rings. The number of hydrogen-bond donors (Lipinski definition) is 0. The van der Waals surface area contributed by atoms with Gasteiger partial charge >= 0.3 is 0 Å². The van der Waals surface area contributed by atoms with Crippen LogP contribution < -0.4 is 0 Å². The minimum Gasteiger partial charge on any atom is -0.100 e. The lowest BCUT2D eigenvalue weighted by molar-refractivity contribution is 0.744. The highest BCUT2D eigenvalue weighted by atomic mass is 14.0. The molecule has 1 rings (SSSR count). The molecule has 0 saturated carbocycles. The molecule has 0 aliphatic carbocycles. The molecule has 14 heavy (non-hydrogen) atoms. The van der Waals surface area contributed by atoms with Crippen molar-refractivity contribution in [3.63, 3.8) is 0 Å². The Kier molecular flexibility index (Phi) is 4.26. The van der Waals surface area contributed by atoms with E-state index in [1.807, 2.05) is 6.07 Å². The molecule has 0 nitrogen and oxygen atoms in total. The Bertz CT molecular complexity index is 311. The van der Waals surface area contributed by atoms with Crippen LogP contribution in [0.15, 0.2) is 30.3 Å². The van der Waals surface area contributed by atoms with Crippen LogP contribution in [0, 0.1) is 23.7 Å². The van der Waals surface area contributed by atoms with Crippen LogP contribution in [0.1, 0.15) is 26.3 Å². The van der Waals surface area contributed by atoms with Crippen molar-refractivity contribution in [2.24, 2.45) is 11.8 Å². The molecule has 0 aliphatic heterocycles. The van der Waals surface area contributed by atoms with Crippen molar-refractivity contribution >= 4 is 0 Å². The van der Waals surface area contributed by atoms with Crippen LogP contribution in [-0.2, 0) is 6.42 Å². The van der Waals surface area contributed by atoms with E-state index in [0.29, 0.717) is 11.8 Å². The summed E-state index contributed by atoms with van der Waals surface area (Å²) in [5.41, 5.74) is 1.37. The summed E-state index contributed by atoms with van der Waals surface area (Å²) >= 11 is 0. The smallest absolute Gasteiger partial charge is 0.0215 e. The van der Waals surface area contributed by atoms with Gasteiger partial charge in [-0.3, -0.25) is 0 Å². The van der Waals surface area contributed by atoms with E-state index in [9.17, 15) is 0 Å². The molecule has 74 valence electrons. The van der Waals surface area contributed by atoms with Gasteiger partial charge < -0.3 is 0 Å². The molecule has 0 bridgehead atoms. The third-order valence-electron chi connectivity index (χ3n) is 2.00. The Morgan fingerprint density at radius 3 is 2.21 bits per heavy atom. The first kappa shape index (κ1) is 10.9. The van der Waals surface area contributed by atoms with Gasteiger partial charge in [0, 0.05) is 11.8 Å². The molecule has 0 N–H and O–H groups in total. The van der Waals surface area contributed by atoms with E-state index >= 15 is 0 Å². The Morgan fingerprint density at radius 2 is 1.64 bits per heavy atom. The maximum atomic E-state index is 3.28. The predicted molar refractivity (Wildman–Crippen MR) is 61.9 cm³/mol. The van der Waals surface area contributed by atoms with E-state index in [-0.39, 0.29) is 0 Å². The summed E-state index contributed by atoms with van der Waals surface area (Å²) in [6.45, 7) is 6.44. The average molecular weight is 186 g/mol. The second kappa shape index (κ2) is 5.50. The van der Waals surface area contributed by atoms with Crippen LogP contribution in [0.5, 0.6) is 0 Å². The number of benzene rings is 1. The van der Waals surface area contributed by atoms with Gasteiger partial charge in [0.15, 0.2) is 0 Å². The van der Waals surface area contributed by atoms with Gasteiger partial charge in [-0.25, -0.2) is 0 Å². The lowest BCUT2D eigenvalue weighted by atomic mass is 10.0. The molecule has 0 aromatic heterocycles. The Labute approximate surface area is 87.4 Å². The third kappa shape index (κ3) is 4.14. The van der Waals surface area contributed by atoms with Gasteiger partial charge in [0.25, 0.3) is 0 Å². The monoisotopic (exact) mass is 186 g/mol. The van der Waals surface area contributed by atoms with Crippen LogP contribution in [0.25, 0.3) is 0 Å². The van der Waals surface area contributed by atoms with Crippen molar-refractivity contribution < 1.29 is 0 Å². The molecular weight excluding hydrogens is 168 g/mol. The van der Waals surface area contributed by atoms with Crippen molar-refractivity contribution in [3.8, 4) is 11.8 Å². The molecule has 0 radical (unpaired) electrons. The molecule has 0 amide bonds. The van der Waals surface area contributed by atoms with E-state index in [2.05, 4.69) is 56.9 Å². The van der Waals surface area contributed by atoms with Crippen LogP contribution in [0.2, 0.25) is 0 Å². The van der Waals surface area contributed by atoms with Crippen LogP contribution >= 0.6 is 0 Å². The zero-order valence-electron chi connectivity index (χ0n) is 9.25. The van der Waals surface area contributed by atoms with E-state index in [1.54, 1.807) is 0 Å². The fourth-order valence-corrected chi connectivity index (χ4v) is 1.33. The highest BCUT2D eigenvalue weighted by molar-refractivity contribution is 5.17. The summed E-state index contributed by atoms with van der Waals surface area (Å²) in [6.07, 6.45) is 1.06. The highest BCUT2D eigenvalue weighted by Crippen LogP contribution is 2.07. The first-order chi connectivity index (χ1) is 6.68. The molecule has 0 aliphatic rings. The molecule has 0 heterocycles. The average Bonchev–Trinajstić information content (AvgIpc) is 2.16. The van der Waals surface area contributed by atoms with E-state index in [0.717, 1.165) is 6.42 Å². The highest BCUT2D eigenvalue weighted by Gasteiger charge is 1.98. The van der Waals surface area contributed by atoms with Crippen molar-refractivity contribution in [1.29, 1.82) is 0 Å². The van der Waals surface area contributed by atoms with Crippen molar-refractivity contribution in [3.05, 3.63) is 35.9 Å². The van der Waals surface area contributed by atoms with Gasteiger partial charge in [-0.2, -0.15) is 0 Å². The summed E-state index contributed by atoms with van der Waals surface area (Å²) in [4.78, 5) is 0. The van der Waals surface area contributed by atoms with Gasteiger partial charge in [0.05, 0.1) is 0 Å². The van der Waals surface area contributed by atoms with Gasteiger partial charge in [-0.15, -0.1) is 5.92 Å². The van der Waals surface area contributed by atoms with Gasteiger partial charge in [0.1, 0.15) is 0 Å². The summed E-state index contributed by atoms with van der Waals surface area (Å²) in [5.74, 6) is 7.43. The first-order valence-electron chi connectivity index (χ1n) is 5.23. The largest absolute Gasteiger partial charge is 0.100 e. The first-order valence-corrected chi connectivity index (χ1v) is 5.23. The van der Waals surface area contributed by atoms with Crippen molar-refractivity contribution in [2.75, 3.05) is 0 Å². The Balaban J connectivity index is 2.51. The van der Waals surface area contributed by atoms with Gasteiger partial charge in [0.2, 0.25) is 0 Å². The lowest BCUT2D eigenvalue weighted by Gasteiger charge is -2.03. The third-order valence-corrected chi connectivity index (χ3v) is 2.00. The molecule has 1 aromatic carbocycles. The summed E-state index contributed by atoms with van der Waals surface area (Å²) in [6, 6.07) is 10.5. The molecule has 0 spiro atoms. The maximum Gasteiger partial charge on any atom is 0.0215 e. The molecule has 0 heteroatoms. The van der Waals surface area contributed by atoms with Gasteiger partial charge in [-0.05, 0) is 12.0 Å². The standard InChI is InChI=1S/C14H18/c1-12(2)9-10-13(3)11-14-7-5-4-6-8-14/h4-8,12-13H,11H2,1-3H3. The summed E-state index contributed by atoms with van der Waals surface area (Å²) in [5, 5.41) is 0. The summed E-state index contributed by atoms with van der Waals surface area (Å²) in [7, 11) is 0. The minimum absolute atomic E-state index is 0.458. The quantitative estimate of drug-likeness (QED) is 0.620. The maximum absolute atomic E-state index is 3.28. The fraction of sp³-hybridized carbons (Fsp3) is 0.429. The molecule has 1 atom stereocenters. The zero-order valence-corrected chi connectivity index (χ0v) is 9.25. The molecule has 1 unspecified atom stereocenters. The summed E-state index contributed by atoms with van der Waals surface area (Å²) < 4.78 is 0. The number of rotatable bonds is 2. The van der Waals surface area contributed by atoms with Crippen LogP contribution in [0.3, 0.4) is 0 Å². The molecule has 0 fully saturated rings. The van der Waals surface area contributed by atoms with Gasteiger partial charge in [-0.1, -0.05) is 57.0 Å². The van der Waals surface area contributed by atoms with Crippen molar-refractivity contribution in [2.45, 2.75) is 27.2 Å². The van der Waals surface area contributed by atoms with E-state index < -0.39 is 0 Å². The Hall–Kier alpha value is -1.22. The van der Waals surface area contributed by atoms with Crippen molar-refractivity contribution in [1.82, 2.24) is 0 Å². The van der Waals surface area contributed by atoms with Crippen LogP contribution in [0.4, 0.5) is 0 Å². The fourth-order valence-electron chi connectivity index (χ4n) is 1.33. The minimum atomic E-state index is 0.458. The topological polar surface area (TPSA) is 0 Å². The second-order valence-corrected chi connectivity index (χ2v) is 4.03. The SMILES string of the molecule is CC(C)C#CC(C)Cc1ccccc1. The normalized spacial score (nSPS) is 12.0.